The lowest BCUT2D eigenvalue weighted by molar-refractivity contribution is -0.0183. The first kappa shape index (κ1) is 10.3. The Morgan fingerprint density at radius 3 is 2.88 bits per heavy atom. The smallest absolute Gasteiger partial charge is 0.0133 e. The molecule has 0 bridgehead atoms. The number of hydrogen-bond donors (Lipinski definition) is 1. The van der Waals surface area contributed by atoms with Crippen LogP contribution < -0.4 is 5.73 Å². The first-order valence-electron chi connectivity index (χ1n) is 6.52. The second-order valence-electron chi connectivity index (χ2n) is 5.76. The number of fused-ring (bicyclic) bond motifs is 3. The summed E-state index contributed by atoms with van der Waals surface area (Å²) in [5, 5.41) is 0. The minimum atomic E-state index is 0.335. The lowest BCUT2D eigenvalue weighted by atomic mass is 9.45. The zero-order valence-electron chi connectivity index (χ0n) is 10.2. The van der Waals surface area contributed by atoms with E-state index < -0.39 is 0 Å². The van der Waals surface area contributed by atoms with Crippen LogP contribution in [0.2, 0.25) is 0 Å². The second kappa shape index (κ2) is 3.33. The molecule has 0 radical (unpaired) electrons. The van der Waals surface area contributed by atoms with Gasteiger partial charge in [-0.25, -0.2) is 0 Å². The molecule has 0 spiro atoms. The molecule has 1 aromatic carbocycles. The molecule has 0 saturated heterocycles. The van der Waals surface area contributed by atoms with Crippen molar-refractivity contribution in [3.63, 3.8) is 0 Å². The Hall–Kier alpha value is -0.820. The fourth-order valence-electron chi connectivity index (χ4n) is 4.05. The number of nitrogens with two attached hydrogens (primary N) is 1. The summed E-state index contributed by atoms with van der Waals surface area (Å²) in [6.45, 7) is 4.66. The molecule has 2 aliphatic rings. The third kappa shape index (κ3) is 1.10. The van der Waals surface area contributed by atoms with Crippen LogP contribution in [0.5, 0.6) is 0 Å². The largest absolute Gasteiger partial charge is 0.327 e. The van der Waals surface area contributed by atoms with Gasteiger partial charge in [-0.15, -0.1) is 0 Å². The van der Waals surface area contributed by atoms with Crippen molar-refractivity contribution in [2.24, 2.45) is 17.1 Å². The highest BCUT2D eigenvalue weighted by atomic mass is 14.8. The fourth-order valence-corrected chi connectivity index (χ4v) is 4.05. The molecule has 4 atom stereocenters. The van der Waals surface area contributed by atoms with Crippen LogP contribution in [-0.2, 0) is 6.42 Å². The van der Waals surface area contributed by atoms with Crippen LogP contribution >= 0.6 is 0 Å². The van der Waals surface area contributed by atoms with Crippen LogP contribution in [0.15, 0.2) is 24.3 Å². The topological polar surface area (TPSA) is 26.0 Å². The molecule has 0 aromatic heterocycles. The molecule has 2 N–H and O–H groups in total. The quantitative estimate of drug-likeness (QED) is 0.765. The van der Waals surface area contributed by atoms with E-state index in [0.717, 1.165) is 11.8 Å². The Morgan fingerprint density at radius 1 is 1.38 bits per heavy atom. The van der Waals surface area contributed by atoms with E-state index in [0.29, 0.717) is 11.5 Å². The Morgan fingerprint density at radius 2 is 2.12 bits per heavy atom. The monoisotopic (exact) mass is 215 g/mol. The van der Waals surface area contributed by atoms with E-state index in [1.54, 1.807) is 11.1 Å². The third-order valence-corrected chi connectivity index (χ3v) is 5.26. The number of benzene rings is 1. The Labute approximate surface area is 98.0 Å². The Balaban J connectivity index is 2.05. The highest BCUT2D eigenvalue weighted by Gasteiger charge is 2.57. The van der Waals surface area contributed by atoms with Crippen molar-refractivity contribution in [1.29, 1.82) is 0 Å². The summed E-state index contributed by atoms with van der Waals surface area (Å²) >= 11 is 0. The maximum atomic E-state index is 6.38. The van der Waals surface area contributed by atoms with E-state index in [1.165, 1.54) is 19.3 Å². The van der Waals surface area contributed by atoms with Crippen LogP contribution in [0.3, 0.4) is 0 Å². The predicted molar refractivity (Wildman–Crippen MR) is 67.4 cm³/mol. The lowest BCUT2D eigenvalue weighted by Gasteiger charge is -2.61. The predicted octanol–water partition coefficient (Wildman–Crippen LogP) is 3.09. The molecule has 1 fully saturated rings. The number of aryl methyl sites for hydroxylation is 1. The van der Waals surface area contributed by atoms with Gasteiger partial charge in [-0.05, 0) is 47.6 Å². The molecule has 0 heterocycles. The van der Waals surface area contributed by atoms with Gasteiger partial charge in [0.25, 0.3) is 0 Å². The van der Waals surface area contributed by atoms with Gasteiger partial charge in [0.05, 0.1) is 0 Å². The fraction of sp³-hybridized carbons (Fsp3) is 0.600. The van der Waals surface area contributed by atoms with Gasteiger partial charge in [0, 0.05) is 6.04 Å². The van der Waals surface area contributed by atoms with Gasteiger partial charge in [-0.1, -0.05) is 38.1 Å². The van der Waals surface area contributed by atoms with Crippen LogP contribution in [0, 0.1) is 11.3 Å². The third-order valence-electron chi connectivity index (χ3n) is 5.26. The molecule has 4 unspecified atom stereocenters. The highest BCUT2D eigenvalue weighted by Crippen LogP contribution is 2.61. The second-order valence-corrected chi connectivity index (χ2v) is 5.76. The average molecular weight is 215 g/mol. The number of hydrogen-bond acceptors (Lipinski definition) is 1. The minimum Gasteiger partial charge on any atom is -0.327 e. The van der Waals surface area contributed by atoms with Crippen LogP contribution in [-0.4, -0.2) is 6.04 Å². The van der Waals surface area contributed by atoms with Crippen molar-refractivity contribution in [3.05, 3.63) is 35.4 Å². The standard InChI is InChI=1S/C15H21N/c1-3-15(2)13-11-7-5-4-6-10(11)8-9-12(13)14(15)16/h4-7,12-14H,3,8-9,16H2,1-2H3. The molecule has 86 valence electrons. The van der Waals surface area contributed by atoms with Gasteiger partial charge < -0.3 is 5.73 Å². The van der Waals surface area contributed by atoms with Crippen molar-refractivity contribution in [2.45, 2.75) is 45.1 Å². The summed E-state index contributed by atoms with van der Waals surface area (Å²) in [6.07, 6.45) is 3.72. The summed E-state index contributed by atoms with van der Waals surface area (Å²) in [6, 6.07) is 9.38. The van der Waals surface area contributed by atoms with E-state index >= 15 is 0 Å². The lowest BCUT2D eigenvalue weighted by Crippen LogP contribution is -2.63. The normalized spacial score (nSPS) is 40.8. The minimum absolute atomic E-state index is 0.335. The summed E-state index contributed by atoms with van der Waals surface area (Å²) in [4.78, 5) is 0. The van der Waals surface area contributed by atoms with Crippen molar-refractivity contribution in [3.8, 4) is 0 Å². The van der Waals surface area contributed by atoms with Crippen molar-refractivity contribution < 1.29 is 0 Å². The van der Waals surface area contributed by atoms with E-state index in [1.807, 2.05) is 0 Å². The van der Waals surface area contributed by atoms with Crippen LogP contribution in [0.1, 0.15) is 43.7 Å². The molecule has 2 aliphatic carbocycles. The SMILES string of the molecule is CCC1(C)C(N)C2CCc3ccccc3C21. The van der Waals surface area contributed by atoms with E-state index in [-0.39, 0.29) is 0 Å². The van der Waals surface area contributed by atoms with Crippen molar-refractivity contribution >= 4 is 0 Å². The molecule has 1 nitrogen and oxygen atoms in total. The van der Waals surface area contributed by atoms with Gasteiger partial charge >= 0.3 is 0 Å². The highest BCUT2D eigenvalue weighted by molar-refractivity contribution is 5.39. The molecule has 3 rings (SSSR count). The summed E-state index contributed by atoms with van der Waals surface area (Å²) in [5.74, 6) is 1.46. The van der Waals surface area contributed by atoms with Gasteiger partial charge in [-0.2, -0.15) is 0 Å². The molecular formula is C15H21N. The number of rotatable bonds is 1. The van der Waals surface area contributed by atoms with Gasteiger partial charge in [-0.3, -0.25) is 0 Å². The Kier molecular flexibility index (Phi) is 2.16. The summed E-state index contributed by atoms with van der Waals surface area (Å²) < 4.78 is 0. The maximum absolute atomic E-state index is 6.38. The van der Waals surface area contributed by atoms with Gasteiger partial charge in [0.15, 0.2) is 0 Å². The van der Waals surface area contributed by atoms with Crippen LogP contribution in [0.4, 0.5) is 0 Å². The van der Waals surface area contributed by atoms with Crippen LogP contribution in [0.25, 0.3) is 0 Å². The van der Waals surface area contributed by atoms with Gasteiger partial charge in [0.2, 0.25) is 0 Å². The molecule has 1 aromatic rings. The molecule has 0 aliphatic heterocycles. The molecule has 0 amide bonds. The maximum Gasteiger partial charge on any atom is 0.0133 e. The first-order valence-corrected chi connectivity index (χ1v) is 6.52. The van der Waals surface area contributed by atoms with Gasteiger partial charge in [0.1, 0.15) is 0 Å². The zero-order valence-corrected chi connectivity index (χ0v) is 10.2. The van der Waals surface area contributed by atoms with E-state index in [2.05, 4.69) is 38.1 Å². The van der Waals surface area contributed by atoms with E-state index in [9.17, 15) is 0 Å². The molecule has 1 heteroatoms. The molecule has 1 saturated carbocycles. The van der Waals surface area contributed by atoms with Crippen molar-refractivity contribution in [1.82, 2.24) is 0 Å². The zero-order chi connectivity index (χ0) is 11.3. The first-order chi connectivity index (χ1) is 7.68. The van der Waals surface area contributed by atoms with Crippen molar-refractivity contribution in [2.75, 3.05) is 0 Å². The molecular weight excluding hydrogens is 194 g/mol. The average Bonchev–Trinajstić information content (AvgIpc) is 2.35. The molecule has 16 heavy (non-hydrogen) atoms. The Bertz CT molecular complexity index is 412. The summed E-state index contributed by atoms with van der Waals surface area (Å²) in [7, 11) is 0. The summed E-state index contributed by atoms with van der Waals surface area (Å²) in [5.41, 5.74) is 9.87. The van der Waals surface area contributed by atoms with E-state index in [4.69, 9.17) is 5.73 Å².